The van der Waals surface area contributed by atoms with Gasteiger partial charge >= 0.3 is 0 Å². The Morgan fingerprint density at radius 3 is 2.13 bits per heavy atom. The predicted octanol–water partition coefficient (Wildman–Crippen LogP) is 3.87. The molecular formula is C17H30O4SSi. The lowest BCUT2D eigenvalue weighted by molar-refractivity contribution is 0.127. The second-order valence-electron chi connectivity index (χ2n) is 5.69. The van der Waals surface area contributed by atoms with E-state index in [2.05, 4.69) is 31.1 Å². The fourth-order valence-electron chi connectivity index (χ4n) is 1.40. The van der Waals surface area contributed by atoms with Crippen LogP contribution in [0.5, 0.6) is 0 Å². The summed E-state index contributed by atoms with van der Waals surface area (Å²) in [6, 6.07) is 6.54. The summed E-state index contributed by atoms with van der Waals surface area (Å²) in [7, 11) is -5.07. The van der Waals surface area contributed by atoms with Gasteiger partial charge in [0.15, 0.2) is 0 Å². The van der Waals surface area contributed by atoms with Crippen LogP contribution >= 0.6 is 0 Å². The van der Waals surface area contributed by atoms with Crippen molar-refractivity contribution in [3.05, 3.63) is 29.8 Å². The van der Waals surface area contributed by atoms with Gasteiger partial charge in [-0.2, -0.15) is 8.42 Å². The Kier molecular flexibility index (Phi) is 11.1. The van der Waals surface area contributed by atoms with Gasteiger partial charge in [0.2, 0.25) is 0 Å². The molecule has 0 spiro atoms. The van der Waals surface area contributed by atoms with E-state index < -0.39 is 18.2 Å². The maximum Gasteiger partial charge on any atom is 0.297 e. The standard InChI is InChI=1S/C15H22O4SSi.2CH4/c1-14-6-8-15(9-7-14)20(16,17)19-12-11-18-10-5-13-21(2,3)4;;/h6-9H,10-12H2,1-4H3;2*1H4. The molecule has 1 aromatic carbocycles. The molecule has 23 heavy (non-hydrogen) atoms. The van der Waals surface area contributed by atoms with Crippen molar-refractivity contribution in [2.45, 2.75) is 46.3 Å². The molecule has 0 heterocycles. The molecule has 0 aliphatic rings. The van der Waals surface area contributed by atoms with Crippen LogP contribution < -0.4 is 0 Å². The summed E-state index contributed by atoms with van der Waals surface area (Å²) >= 11 is 0. The van der Waals surface area contributed by atoms with Crippen molar-refractivity contribution in [2.24, 2.45) is 0 Å². The lowest BCUT2D eigenvalue weighted by Crippen LogP contribution is -2.17. The molecule has 0 aromatic heterocycles. The van der Waals surface area contributed by atoms with Gasteiger partial charge < -0.3 is 4.74 Å². The molecule has 0 unspecified atom stereocenters. The smallest absolute Gasteiger partial charge is 0.297 e. The maximum absolute atomic E-state index is 11.9. The van der Waals surface area contributed by atoms with Crippen molar-refractivity contribution in [2.75, 3.05) is 19.8 Å². The number of hydrogen-bond acceptors (Lipinski definition) is 4. The van der Waals surface area contributed by atoms with Gasteiger partial charge in [-0.15, -0.1) is 5.54 Å². The van der Waals surface area contributed by atoms with Crippen molar-refractivity contribution in [1.29, 1.82) is 0 Å². The van der Waals surface area contributed by atoms with Gasteiger partial charge in [0.05, 0.1) is 18.1 Å². The van der Waals surface area contributed by atoms with Crippen LogP contribution in [0, 0.1) is 18.4 Å². The first-order chi connectivity index (χ1) is 9.71. The van der Waals surface area contributed by atoms with E-state index in [4.69, 9.17) is 8.92 Å². The first-order valence-electron chi connectivity index (χ1n) is 6.75. The molecule has 1 rings (SSSR count). The quantitative estimate of drug-likeness (QED) is 0.335. The number of rotatable bonds is 6. The van der Waals surface area contributed by atoms with Crippen LogP contribution in [-0.2, 0) is 19.0 Å². The molecule has 0 amide bonds. The predicted molar refractivity (Wildman–Crippen MR) is 99.7 cm³/mol. The van der Waals surface area contributed by atoms with Gasteiger partial charge in [0.25, 0.3) is 10.1 Å². The fraction of sp³-hybridized carbons (Fsp3) is 0.529. The van der Waals surface area contributed by atoms with E-state index in [1.165, 1.54) is 12.1 Å². The minimum atomic E-state index is -3.70. The Balaban J connectivity index is 0. The van der Waals surface area contributed by atoms with Gasteiger partial charge in [-0.25, -0.2) is 0 Å². The molecule has 0 aliphatic heterocycles. The summed E-state index contributed by atoms with van der Waals surface area (Å²) in [6.07, 6.45) is 0. The van der Waals surface area contributed by atoms with Crippen LogP contribution in [0.4, 0.5) is 0 Å². The normalized spacial score (nSPS) is 10.8. The monoisotopic (exact) mass is 358 g/mol. The molecule has 4 nitrogen and oxygen atoms in total. The van der Waals surface area contributed by atoms with Gasteiger partial charge in [0, 0.05) is 0 Å². The molecule has 6 heteroatoms. The fourth-order valence-corrected chi connectivity index (χ4v) is 2.90. The molecule has 0 fully saturated rings. The maximum atomic E-state index is 11.9. The highest BCUT2D eigenvalue weighted by Crippen LogP contribution is 2.12. The zero-order chi connectivity index (χ0) is 15.9. The Bertz CT molecular complexity index is 605. The molecular weight excluding hydrogens is 328 g/mol. The summed E-state index contributed by atoms with van der Waals surface area (Å²) in [5, 5.41) is 0. The van der Waals surface area contributed by atoms with Crippen LogP contribution in [0.1, 0.15) is 20.4 Å². The first-order valence-corrected chi connectivity index (χ1v) is 11.7. The summed E-state index contributed by atoms with van der Waals surface area (Å²) < 4.78 is 33.9. The minimum absolute atomic E-state index is 0. The number of hydrogen-bond donors (Lipinski definition) is 0. The average Bonchev–Trinajstić information content (AvgIpc) is 2.36. The van der Waals surface area contributed by atoms with Gasteiger partial charge in [-0.05, 0) is 19.1 Å². The van der Waals surface area contributed by atoms with E-state index in [0.717, 1.165) is 5.56 Å². The summed E-state index contributed by atoms with van der Waals surface area (Å²) in [5.74, 6) is 2.95. The highest BCUT2D eigenvalue weighted by Gasteiger charge is 2.14. The van der Waals surface area contributed by atoms with E-state index in [0.29, 0.717) is 6.61 Å². The number of benzene rings is 1. The Morgan fingerprint density at radius 1 is 1.04 bits per heavy atom. The summed E-state index contributed by atoms with van der Waals surface area (Å²) in [6.45, 7) is 8.84. The molecule has 0 N–H and O–H groups in total. The van der Waals surface area contributed by atoms with Crippen molar-refractivity contribution in [3.63, 3.8) is 0 Å². The van der Waals surface area contributed by atoms with Crippen molar-refractivity contribution < 1.29 is 17.3 Å². The van der Waals surface area contributed by atoms with Gasteiger partial charge in [-0.1, -0.05) is 58.1 Å². The van der Waals surface area contributed by atoms with E-state index in [1.54, 1.807) is 12.1 Å². The molecule has 0 radical (unpaired) electrons. The second kappa shape index (κ2) is 10.6. The SMILES string of the molecule is C.C.Cc1ccc(S(=O)(=O)OCCOCC#C[Si](C)(C)C)cc1. The molecule has 132 valence electrons. The average molecular weight is 359 g/mol. The van der Waals surface area contributed by atoms with Crippen LogP contribution in [0.15, 0.2) is 29.2 Å². The van der Waals surface area contributed by atoms with E-state index in [-0.39, 0.29) is 33.0 Å². The summed E-state index contributed by atoms with van der Waals surface area (Å²) in [5.41, 5.74) is 4.16. The lowest BCUT2D eigenvalue weighted by atomic mass is 10.2. The first kappa shape index (κ1) is 24.1. The molecule has 0 saturated carbocycles. The zero-order valence-electron chi connectivity index (χ0n) is 13.0. The van der Waals surface area contributed by atoms with Crippen molar-refractivity contribution in [1.82, 2.24) is 0 Å². The Morgan fingerprint density at radius 2 is 1.61 bits per heavy atom. The Labute approximate surface area is 143 Å². The Hall–Kier alpha value is -1.13. The molecule has 1 aromatic rings. The van der Waals surface area contributed by atoms with Gasteiger partial charge in [-0.3, -0.25) is 4.18 Å². The molecule has 0 saturated heterocycles. The molecule has 0 bridgehead atoms. The van der Waals surface area contributed by atoms with Crippen LogP contribution in [0.2, 0.25) is 19.6 Å². The third-order valence-electron chi connectivity index (χ3n) is 2.41. The molecule has 0 atom stereocenters. The van der Waals surface area contributed by atoms with Crippen LogP contribution in [-0.4, -0.2) is 36.3 Å². The number of aryl methyl sites for hydroxylation is 1. The van der Waals surface area contributed by atoms with Crippen LogP contribution in [0.25, 0.3) is 0 Å². The van der Waals surface area contributed by atoms with Crippen LogP contribution in [0.3, 0.4) is 0 Å². The second-order valence-corrected chi connectivity index (χ2v) is 12.1. The number of ether oxygens (including phenoxy) is 1. The highest BCUT2D eigenvalue weighted by atomic mass is 32.2. The van der Waals surface area contributed by atoms with Crippen molar-refractivity contribution in [3.8, 4) is 11.5 Å². The molecule has 0 aliphatic carbocycles. The highest BCUT2D eigenvalue weighted by molar-refractivity contribution is 7.86. The van der Waals surface area contributed by atoms with Gasteiger partial charge in [0.1, 0.15) is 14.7 Å². The van der Waals surface area contributed by atoms with Crippen molar-refractivity contribution >= 4 is 18.2 Å². The third kappa shape index (κ3) is 10.3. The van der Waals surface area contributed by atoms with E-state index in [9.17, 15) is 8.42 Å². The van der Waals surface area contributed by atoms with E-state index >= 15 is 0 Å². The topological polar surface area (TPSA) is 52.6 Å². The minimum Gasteiger partial charge on any atom is -0.366 e. The van der Waals surface area contributed by atoms with E-state index in [1.807, 2.05) is 6.92 Å². The largest absolute Gasteiger partial charge is 0.366 e. The summed E-state index contributed by atoms with van der Waals surface area (Å²) in [4.78, 5) is 0.159. The zero-order valence-corrected chi connectivity index (χ0v) is 14.8. The third-order valence-corrected chi connectivity index (χ3v) is 4.67. The lowest BCUT2D eigenvalue weighted by Gasteiger charge is -2.06.